The van der Waals surface area contributed by atoms with E-state index >= 15 is 0 Å². The van der Waals surface area contributed by atoms with Gasteiger partial charge in [0, 0.05) is 51.8 Å². The molecule has 0 fully saturated rings. The number of amides is 2. The SMILES string of the molecule is CN(C)c1ncccc1N(C)C(=O)CC1CC(=O)Nc2ccccc21. The van der Waals surface area contributed by atoms with E-state index in [1.54, 1.807) is 18.1 Å². The van der Waals surface area contributed by atoms with E-state index in [0.29, 0.717) is 6.42 Å². The lowest BCUT2D eigenvalue weighted by Gasteiger charge is -2.28. The molecule has 0 saturated heterocycles. The van der Waals surface area contributed by atoms with Crippen LogP contribution in [0.3, 0.4) is 0 Å². The van der Waals surface area contributed by atoms with Crippen molar-refractivity contribution < 1.29 is 9.59 Å². The molecule has 3 rings (SSSR count). The highest BCUT2D eigenvalue weighted by Gasteiger charge is 2.28. The topological polar surface area (TPSA) is 65.5 Å². The van der Waals surface area contributed by atoms with Crippen molar-refractivity contribution in [1.82, 2.24) is 4.98 Å². The summed E-state index contributed by atoms with van der Waals surface area (Å²) in [5, 5.41) is 2.87. The number of para-hydroxylation sites is 1. The molecule has 0 aliphatic carbocycles. The van der Waals surface area contributed by atoms with Crippen LogP contribution < -0.4 is 15.1 Å². The molecule has 25 heavy (non-hydrogen) atoms. The number of nitrogens with zero attached hydrogens (tertiary/aromatic N) is 3. The van der Waals surface area contributed by atoms with Crippen LogP contribution in [0.25, 0.3) is 0 Å². The van der Waals surface area contributed by atoms with Gasteiger partial charge in [0.05, 0.1) is 5.69 Å². The predicted molar refractivity (Wildman–Crippen MR) is 99.0 cm³/mol. The molecule has 6 heteroatoms. The number of hydrogen-bond acceptors (Lipinski definition) is 4. The van der Waals surface area contributed by atoms with Crippen LogP contribution in [0.4, 0.5) is 17.2 Å². The number of rotatable bonds is 4. The largest absolute Gasteiger partial charge is 0.361 e. The average Bonchev–Trinajstić information content (AvgIpc) is 2.60. The molecule has 1 aliphatic rings. The molecule has 0 bridgehead atoms. The summed E-state index contributed by atoms with van der Waals surface area (Å²) in [7, 11) is 5.54. The quantitative estimate of drug-likeness (QED) is 0.931. The molecule has 2 heterocycles. The zero-order valence-corrected chi connectivity index (χ0v) is 14.7. The monoisotopic (exact) mass is 338 g/mol. The molecule has 1 unspecified atom stereocenters. The third-order valence-corrected chi connectivity index (χ3v) is 4.45. The van der Waals surface area contributed by atoms with Gasteiger partial charge in [-0.15, -0.1) is 0 Å². The van der Waals surface area contributed by atoms with E-state index in [0.717, 1.165) is 22.8 Å². The molecule has 0 spiro atoms. The van der Waals surface area contributed by atoms with Crippen LogP contribution in [-0.4, -0.2) is 37.9 Å². The Morgan fingerprint density at radius 1 is 1.20 bits per heavy atom. The fraction of sp³-hybridized carbons (Fsp3) is 0.316. The molecule has 1 N–H and O–H groups in total. The van der Waals surface area contributed by atoms with Crippen LogP contribution in [0.5, 0.6) is 0 Å². The van der Waals surface area contributed by atoms with Crippen molar-refractivity contribution in [2.75, 3.05) is 36.3 Å². The number of aromatic nitrogens is 1. The number of nitrogens with one attached hydrogen (secondary N) is 1. The summed E-state index contributed by atoms with van der Waals surface area (Å²) in [4.78, 5) is 32.6. The van der Waals surface area contributed by atoms with Crippen LogP contribution in [0.15, 0.2) is 42.6 Å². The van der Waals surface area contributed by atoms with Crippen molar-refractivity contribution >= 4 is 29.0 Å². The summed E-state index contributed by atoms with van der Waals surface area (Å²) in [6.45, 7) is 0. The van der Waals surface area contributed by atoms with Crippen LogP contribution in [-0.2, 0) is 9.59 Å². The van der Waals surface area contributed by atoms with Gasteiger partial charge < -0.3 is 15.1 Å². The Kier molecular flexibility index (Phi) is 4.70. The Morgan fingerprint density at radius 2 is 1.96 bits per heavy atom. The highest BCUT2D eigenvalue weighted by atomic mass is 16.2. The number of carbonyl (C=O) groups is 2. The van der Waals surface area contributed by atoms with Crippen molar-refractivity contribution in [3.63, 3.8) is 0 Å². The first kappa shape index (κ1) is 17.0. The Hall–Kier alpha value is -2.89. The summed E-state index contributed by atoms with van der Waals surface area (Å²) in [6, 6.07) is 11.4. The van der Waals surface area contributed by atoms with Gasteiger partial charge in [0.15, 0.2) is 5.82 Å². The summed E-state index contributed by atoms with van der Waals surface area (Å²) >= 11 is 0. The van der Waals surface area contributed by atoms with Gasteiger partial charge in [0.25, 0.3) is 0 Å². The maximum Gasteiger partial charge on any atom is 0.227 e. The van der Waals surface area contributed by atoms with Gasteiger partial charge in [0.1, 0.15) is 0 Å². The van der Waals surface area contributed by atoms with Crippen LogP contribution in [0.1, 0.15) is 24.3 Å². The third-order valence-electron chi connectivity index (χ3n) is 4.45. The molecule has 2 aromatic rings. The summed E-state index contributed by atoms with van der Waals surface area (Å²) in [5.41, 5.74) is 2.57. The van der Waals surface area contributed by atoms with Crippen molar-refractivity contribution in [3.05, 3.63) is 48.2 Å². The Labute approximate surface area is 147 Å². The number of carbonyl (C=O) groups excluding carboxylic acids is 2. The molecule has 2 amide bonds. The number of benzene rings is 1. The zero-order chi connectivity index (χ0) is 18.0. The maximum atomic E-state index is 12.9. The van der Waals surface area contributed by atoms with Crippen molar-refractivity contribution in [1.29, 1.82) is 0 Å². The lowest BCUT2D eigenvalue weighted by molar-refractivity contribution is -0.119. The minimum absolute atomic E-state index is 0.0365. The summed E-state index contributed by atoms with van der Waals surface area (Å²) < 4.78 is 0. The number of fused-ring (bicyclic) bond motifs is 1. The standard InChI is InChI=1S/C19H22N4O2/c1-22(2)19-16(9-6-10-20-19)23(3)18(25)12-13-11-17(24)21-15-8-5-4-7-14(13)15/h4-10,13H,11-12H2,1-3H3,(H,21,24). The number of hydrogen-bond donors (Lipinski definition) is 1. The first-order valence-electron chi connectivity index (χ1n) is 8.25. The zero-order valence-electron chi connectivity index (χ0n) is 14.7. The first-order valence-corrected chi connectivity index (χ1v) is 8.25. The minimum Gasteiger partial charge on any atom is -0.361 e. The van der Waals surface area contributed by atoms with Gasteiger partial charge in [-0.25, -0.2) is 4.98 Å². The average molecular weight is 338 g/mol. The summed E-state index contributed by atoms with van der Waals surface area (Å²) in [5.74, 6) is 0.541. The van der Waals surface area contributed by atoms with E-state index in [9.17, 15) is 9.59 Å². The summed E-state index contributed by atoms with van der Waals surface area (Å²) in [6.07, 6.45) is 2.31. The second kappa shape index (κ2) is 6.93. The molecule has 6 nitrogen and oxygen atoms in total. The van der Waals surface area contributed by atoms with Crippen LogP contribution >= 0.6 is 0 Å². The molecule has 1 atom stereocenters. The highest BCUT2D eigenvalue weighted by molar-refractivity contribution is 5.99. The second-order valence-electron chi connectivity index (χ2n) is 6.43. The van der Waals surface area contributed by atoms with Crippen molar-refractivity contribution in [2.24, 2.45) is 0 Å². The Balaban J connectivity index is 1.82. The fourth-order valence-electron chi connectivity index (χ4n) is 3.16. The molecular formula is C19H22N4O2. The van der Waals surface area contributed by atoms with Gasteiger partial charge in [-0.2, -0.15) is 0 Å². The normalized spacial score (nSPS) is 16.0. The Bertz CT molecular complexity index is 804. The number of anilines is 3. The molecule has 1 aromatic carbocycles. The minimum atomic E-state index is -0.112. The molecule has 1 aromatic heterocycles. The second-order valence-corrected chi connectivity index (χ2v) is 6.43. The molecular weight excluding hydrogens is 316 g/mol. The molecule has 1 aliphatic heterocycles. The van der Waals surface area contributed by atoms with Gasteiger partial charge in [-0.1, -0.05) is 18.2 Å². The maximum absolute atomic E-state index is 12.9. The Morgan fingerprint density at radius 3 is 2.72 bits per heavy atom. The van der Waals surface area contributed by atoms with E-state index in [-0.39, 0.29) is 24.2 Å². The van der Waals surface area contributed by atoms with Gasteiger partial charge >= 0.3 is 0 Å². The molecule has 0 radical (unpaired) electrons. The van der Waals surface area contributed by atoms with Crippen molar-refractivity contribution in [3.8, 4) is 0 Å². The van der Waals surface area contributed by atoms with Crippen LogP contribution in [0, 0.1) is 0 Å². The molecule has 130 valence electrons. The molecule has 0 saturated carbocycles. The van der Waals surface area contributed by atoms with E-state index in [1.807, 2.05) is 55.4 Å². The van der Waals surface area contributed by atoms with Gasteiger partial charge in [-0.3, -0.25) is 9.59 Å². The third kappa shape index (κ3) is 3.47. The number of pyridine rings is 1. The lowest BCUT2D eigenvalue weighted by Crippen LogP contribution is -2.32. The van der Waals surface area contributed by atoms with Gasteiger partial charge in [-0.05, 0) is 23.8 Å². The lowest BCUT2D eigenvalue weighted by atomic mass is 9.87. The van der Waals surface area contributed by atoms with E-state index in [2.05, 4.69) is 10.3 Å². The van der Waals surface area contributed by atoms with E-state index in [1.165, 1.54) is 0 Å². The van der Waals surface area contributed by atoms with E-state index in [4.69, 9.17) is 0 Å². The van der Waals surface area contributed by atoms with Crippen LogP contribution in [0.2, 0.25) is 0 Å². The fourth-order valence-corrected chi connectivity index (χ4v) is 3.16. The highest BCUT2D eigenvalue weighted by Crippen LogP contribution is 2.35. The van der Waals surface area contributed by atoms with E-state index < -0.39 is 0 Å². The smallest absolute Gasteiger partial charge is 0.227 e. The predicted octanol–water partition coefficient (Wildman–Crippen LogP) is 2.63. The van der Waals surface area contributed by atoms with Gasteiger partial charge in [0.2, 0.25) is 11.8 Å². The first-order chi connectivity index (χ1) is 12.0. The van der Waals surface area contributed by atoms with Crippen molar-refractivity contribution in [2.45, 2.75) is 18.8 Å².